The van der Waals surface area contributed by atoms with Crippen LogP contribution in [0.4, 0.5) is 0 Å². The minimum Gasteiger partial charge on any atom is -0.347 e. The summed E-state index contributed by atoms with van der Waals surface area (Å²) in [5.74, 6) is -0.129. The molecule has 0 unspecified atom stereocenters. The number of hydrogen-bond acceptors (Lipinski definition) is 3. The number of pyridine rings is 1. The summed E-state index contributed by atoms with van der Waals surface area (Å²) in [5.41, 5.74) is 6.45. The van der Waals surface area contributed by atoms with Crippen LogP contribution in [0.2, 0.25) is 0 Å². The minimum absolute atomic E-state index is 0.101. The topological polar surface area (TPSA) is 68.0 Å². The van der Waals surface area contributed by atoms with Crippen molar-refractivity contribution in [3.63, 3.8) is 0 Å². The molecule has 0 saturated carbocycles. The predicted molar refractivity (Wildman–Crippen MR) is 59.1 cm³/mol. The van der Waals surface area contributed by atoms with Gasteiger partial charge in [0.1, 0.15) is 0 Å². The van der Waals surface area contributed by atoms with Crippen LogP contribution < -0.4 is 11.1 Å². The maximum atomic E-state index is 11.5. The Balaban J connectivity index is 2.56. The summed E-state index contributed by atoms with van der Waals surface area (Å²) in [6, 6.07) is 5.08. The summed E-state index contributed by atoms with van der Waals surface area (Å²) in [5, 5.41) is 2.82. The van der Waals surface area contributed by atoms with Gasteiger partial charge in [0, 0.05) is 6.20 Å². The molecule has 1 amide bonds. The van der Waals surface area contributed by atoms with Crippen LogP contribution in [-0.4, -0.2) is 16.9 Å². The molecule has 0 bridgehead atoms. The van der Waals surface area contributed by atoms with Crippen molar-refractivity contribution >= 4 is 5.91 Å². The second-order valence-corrected chi connectivity index (χ2v) is 3.50. The van der Waals surface area contributed by atoms with Gasteiger partial charge in [-0.1, -0.05) is 13.0 Å². The number of nitrogens with one attached hydrogen (secondary N) is 1. The van der Waals surface area contributed by atoms with E-state index in [1.165, 1.54) is 0 Å². The van der Waals surface area contributed by atoms with Crippen LogP contribution in [-0.2, 0) is 4.79 Å². The smallest absolute Gasteiger partial charge is 0.237 e. The van der Waals surface area contributed by atoms with Crippen molar-refractivity contribution in [3.05, 3.63) is 30.1 Å². The molecule has 0 radical (unpaired) electrons. The number of aromatic nitrogens is 1. The zero-order valence-corrected chi connectivity index (χ0v) is 9.10. The highest BCUT2D eigenvalue weighted by Crippen LogP contribution is 2.07. The van der Waals surface area contributed by atoms with Crippen LogP contribution in [0.3, 0.4) is 0 Å². The van der Waals surface area contributed by atoms with Gasteiger partial charge in [0.25, 0.3) is 0 Å². The molecule has 3 N–H and O–H groups in total. The molecule has 15 heavy (non-hydrogen) atoms. The van der Waals surface area contributed by atoms with E-state index in [4.69, 9.17) is 5.73 Å². The van der Waals surface area contributed by atoms with Crippen molar-refractivity contribution in [2.45, 2.75) is 32.4 Å². The molecule has 0 fully saturated rings. The monoisotopic (exact) mass is 207 g/mol. The SMILES string of the molecule is CC[C@H](N)C(=O)N[C@@H](C)c1ccccn1. The van der Waals surface area contributed by atoms with E-state index in [1.54, 1.807) is 6.20 Å². The Morgan fingerprint density at radius 1 is 1.60 bits per heavy atom. The Morgan fingerprint density at radius 3 is 2.87 bits per heavy atom. The second kappa shape index (κ2) is 5.46. The van der Waals surface area contributed by atoms with Gasteiger partial charge >= 0.3 is 0 Å². The van der Waals surface area contributed by atoms with E-state index >= 15 is 0 Å². The second-order valence-electron chi connectivity index (χ2n) is 3.50. The largest absolute Gasteiger partial charge is 0.347 e. The first kappa shape index (κ1) is 11.7. The third kappa shape index (κ3) is 3.32. The van der Waals surface area contributed by atoms with Crippen LogP contribution in [0, 0.1) is 0 Å². The standard InChI is InChI=1S/C11H17N3O/c1-3-9(12)11(15)14-8(2)10-6-4-5-7-13-10/h4-9H,3,12H2,1-2H3,(H,14,15)/t8-,9-/m0/s1. The van der Waals surface area contributed by atoms with E-state index in [0.29, 0.717) is 6.42 Å². The molecule has 0 aliphatic carbocycles. The summed E-state index contributed by atoms with van der Waals surface area (Å²) in [6.45, 7) is 3.78. The number of amides is 1. The summed E-state index contributed by atoms with van der Waals surface area (Å²) >= 11 is 0. The molecule has 0 saturated heterocycles. The highest BCUT2D eigenvalue weighted by atomic mass is 16.2. The van der Waals surface area contributed by atoms with Crippen LogP contribution in [0.25, 0.3) is 0 Å². The third-order valence-corrected chi connectivity index (χ3v) is 2.27. The lowest BCUT2D eigenvalue weighted by Crippen LogP contribution is -2.41. The van der Waals surface area contributed by atoms with E-state index in [1.807, 2.05) is 32.0 Å². The Kier molecular flexibility index (Phi) is 4.24. The molecule has 0 aliphatic rings. The molecule has 1 aromatic heterocycles. The van der Waals surface area contributed by atoms with Gasteiger partial charge in [-0.2, -0.15) is 0 Å². The van der Waals surface area contributed by atoms with Crippen LogP contribution in [0.1, 0.15) is 32.0 Å². The van der Waals surface area contributed by atoms with Crippen LogP contribution >= 0.6 is 0 Å². The molecular weight excluding hydrogens is 190 g/mol. The molecule has 1 heterocycles. The van der Waals surface area contributed by atoms with E-state index in [0.717, 1.165) is 5.69 Å². The molecule has 0 aliphatic heterocycles. The first-order chi connectivity index (χ1) is 7.15. The number of hydrogen-bond donors (Lipinski definition) is 2. The number of nitrogens with two attached hydrogens (primary N) is 1. The lowest BCUT2D eigenvalue weighted by molar-refractivity contribution is -0.123. The Labute approximate surface area is 89.9 Å². The van der Waals surface area contributed by atoms with Gasteiger partial charge in [-0.15, -0.1) is 0 Å². The van der Waals surface area contributed by atoms with E-state index in [2.05, 4.69) is 10.3 Å². The molecular formula is C11H17N3O. The van der Waals surface area contributed by atoms with Gasteiger partial charge in [-0.3, -0.25) is 9.78 Å². The number of rotatable bonds is 4. The van der Waals surface area contributed by atoms with Gasteiger partial charge in [-0.25, -0.2) is 0 Å². The molecule has 4 heteroatoms. The normalized spacial score (nSPS) is 14.3. The summed E-state index contributed by atoms with van der Waals surface area (Å²) < 4.78 is 0. The highest BCUT2D eigenvalue weighted by Gasteiger charge is 2.14. The third-order valence-electron chi connectivity index (χ3n) is 2.27. The van der Waals surface area contributed by atoms with Crippen molar-refractivity contribution in [1.82, 2.24) is 10.3 Å². The number of carbonyl (C=O) groups is 1. The van der Waals surface area contributed by atoms with Crippen molar-refractivity contribution in [3.8, 4) is 0 Å². The van der Waals surface area contributed by atoms with E-state index in [9.17, 15) is 4.79 Å². The highest BCUT2D eigenvalue weighted by molar-refractivity contribution is 5.81. The Morgan fingerprint density at radius 2 is 2.33 bits per heavy atom. The molecule has 0 spiro atoms. The Bertz CT molecular complexity index is 313. The van der Waals surface area contributed by atoms with Crippen LogP contribution in [0.15, 0.2) is 24.4 Å². The van der Waals surface area contributed by atoms with Crippen molar-refractivity contribution in [2.75, 3.05) is 0 Å². The first-order valence-corrected chi connectivity index (χ1v) is 5.12. The minimum atomic E-state index is -0.434. The molecule has 0 aromatic carbocycles. The lowest BCUT2D eigenvalue weighted by Gasteiger charge is -2.15. The summed E-state index contributed by atoms with van der Waals surface area (Å²) in [6.07, 6.45) is 2.35. The Hall–Kier alpha value is -1.42. The van der Waals surface area contributed by atoms with Crippen molar-refractivity contribution in [1.29, 1.82) is 0 Å². The molecule has 1 aromatic rings. The number of carbonyl (C=O) groups excluding carboxylic acids is 1. The van der Waals surface area contributed by atoms with Gasteiger partial charge in [0.15, 0.2) is 0 Å². The fraction of sp³-hybridized carbons (Fsp3) is 0.455. The average molecular weight is 207 g/mol. The lowest BCUT2D eigenvalue weighted by atomic mass is 10.2. The quantitative estimate of drug-likeness (QED) is 0.773. The van der Waals surface area contributed by atoms with Crippen molar-refractivity contribution in [2.24, 2.45) is 5.73 Å². The van der Waals surface area contributed by atoms with Gasteiger partial charge in [-0.05, 0) is 25.5 Å². The molecule has 4 nitrogen and oxygen atoms in total. The van der Waals surface area contributed by atoms with Gasteiger partial charge in [0.05, 0.1) is 17.8 Å². The summed E-state index contributed by atoms with van der Waals surface area (Å²) in [7, 11) is 0. The predicted octanol–water partition coefficient (Wildman–Crippen LogP) is 0.996. The molecule has 82 valence electrons. The molecule has 1 rings (SSSR count). The fourth-order valence-corrected chi connectivity index (χ4v) is 1.21. The van der Waals surface area contributed by atoms with Crippen LogP contribution in [0.5, 0.6) is 0 Å². The molecule has 2 atom stereocenters. The average Bonchev–Trinajstić information content (AvgIpc) is 2.29. The van der Waals surface area contributed by atoms with Gasteiger partial charge < -0.3 is 11.1 Å². The van der Waals surface area contributed by atoms with E-state index in [-0.39, 0.29) is 11.9 Å². The summed E-state index contributed by atoms with van der Waals surface area (Å²) in [4.78, 5) is 15.7. The maximum absolute atomic E-state index is 11.5. The number of nitrogens with zero attached hydrogens (tertiary/aromatic N) is 1. The van der Waals surface area contributed by atoms with Gasteiger partial charge in [0.2, 0.25) is 5.91 Å². The first-order valence-electron chi connectivity index (χ1n) is 5.12. The fourth-order valence-electron chi connectivity index (χ4n) is 1.21. The maximum Gasteiger partial charge on any atom is 0.237 e. The van der Waals surface area contributed by atoms with E-state index < -0.39 is 6.04 Å². The zero-order chi connectivity index (χ0) is 11.3. The zero-order valence-electron chi connectivity index (χ0n) is 9.10. The van der Waals surface area contributed by atoms with Crippen molar-refractivity contribution < 1.29 is 4.79 Å².